The van der Waals surface area contributed by atoms with E-state index in [0.29, 0.717) is 6.54 Å². The lowest BCUT2D eigenvalue weighted by Gasteiger charge is -2.07. The van der Waals surface area contributed by atoms with Gasteiger partial charge in [0.05, 0.1) is 22.4 Å². The van der Waals surface area contributed by atoms with Gasteiger partial charge >= 0.3 is 0 Å². The van der Waals surface area contributed by atoms with Crippen LogP contribution in [0, 0.1) is 11.6 Å². The second-order valence-corrected chi connectivity index (χ2v) is 5.15. The van der Waals surface area contributed by atoms with Crippen molar-refractivity contribution in [1.29, 1.82) is 0 Å². The van der Waals surface area contributed by atoms with Crippen LogP contribution in [0.25, 0.3) is 5.65 Å². The molecule has 2 heterocycles. The Balaban J connectivity index is 1.81. The van der Waals surface area contributed by atoms with E-state index in [4.69, 9.17) is 0 Å². The number of hydrogen-bond acceptors (Lipinski definition) is 2. The molecule has 1 aromatic carbocycles. The van der Waals surface area contributed by atoms with Gasteiger partial charge in [-0.15, -0.1) is 0 Å². The maximum Gasteiger partial charge on any atom is 0.149 e. The Labute approximate surface area is 122 Å². The SMILES string of the molecule is Fc1cc(F)c(NCc2cn3ccccc3n2)cc1Br. The van der Waals surface area contributed by atoms with Crippen LogP contribution in [-0.2, 0) is 6.54 Å². The van der Waals surface area contributed by atoms with E-state index in [1.807, 2.05) is 35.0 Å². The van der Waals surface area contributed by atoms with Gasteiger partial charge in [-0.05, 0) is 34.1 Å². The van der Waals surface area contributed by atoms with Gasteiger partial charge in [0.25, 0.3) is 0 Å². The minimum Gasteiger partial charge on any atom is -0.377 e. The first-order valence-corrected chi connectivity index (χ1v) is 6.74. The third-order valence-electron chi connectivity index (χ3n) is 2.88. The van der Waals surface area contributed by atoms with Gasteiger partial charge in [0.15, 0.2) is 0 Å². The monoisotopic (exact) mass is 337 g/mol. The van der Waals surface area contributed by atoms with Crippen LogP contribution in [0.2, 0.25) is 0 Å². The number of benzene rings is 1. The Bertz CT molecular complexity index is 737. The fourth-order valence-electron chi connectivity index (χ4n) is 1.92. The highest BCUT2D eigenvalue weighted by Crippen LogP contribution is 2.24. The molecule has 0 radical (unpaired) electrons. The molecule has 3 nitrogen and oxygen atoms in total. The van der Waals surface area contributed by atoms with Gasteiger partial charge in [-0.3, -0.25) is 0 Å². The maximum atomic E-state index is 13.6. The summed E-state index contributed by atoms with van der Waals surface area (Å²) < 4.78 is 28.8. The number of pyridine rings is 1. The zero-order valence-corrected chi connectivity index (χ0v) is 11.9. The third kappa shape index (κ3) is 2.51. The molecule has 0 bridgehead atoms. The summed E-state index contributed by atoms with van der Waals surface area (Å²) >= 11 is 3.03. The van der Waals surface area contributed by atoms with Crippen molar-refractivity contribution in [2.75, 3.05) is 5.32 Å². The molecule has 0 unspecified atom stereocenters. The van der Waals surface area contributed by atoms with Crippen molar-refractivity contribution >= 4 is 27.3 Å². The Kier molecular flexibility index (Phi) is 3.40. The number of aromatic nitrogens is 2. The predicted octanol–water partition coefficient (Wildman–Crippen LogP) is 3.99. The van der Waals surface area contributed by atoms with Crippen molar-refractivity contribution in [2.24, 2.45) is 0 Å². The lowest BCUT2D eigenvalue weighted by molar-refractivity contribution is 0.580. The largest absolute Gasteiger partial charge is 0.377 e. The summed E-state index contributed by atoms with van der Waals surface area (Å²) in [5.74, 6) is -1.25. The fraction of sp³-hybridized carbons (Fsp3) is 0.0714. The van der Waals surface area contributed by atoms with Crippen molar-refractivity contribution in [2.45, 2.75) is 6.54 Å². The number of halogens is 3. The molecule has 3 rings (SSSR count). The van der Waals surface area contributed by atoms with E-state index in [-0.39, 0.29) is 10.2 Å². The van der Waals surface area contributed by atoms with Crippen LogP contribution in [0.5, 0.6) is 0 Å². The third-order valence-corrected chi connectivity index (χ3v) is 3.49. The Morgan fingerprint density at radius 2 is 2.05 bits per heavy atom. The number of rotatable bonds is 3. The average Bonchev–Trinajstić information content (AvgIpc) is 2.84. The molecular formula is C14H10BrF2N3. The molecule has 6 heteroatoms. The average molecular weight is 338 g/mol. The van der Waals surface area contributed by atoms with Gasteiger partial charge in [-0.1, -0.05) is 6.07 Å². The van der Waals surface area contributed by atoms with Crippen LogP contribution >= 0.6 is 15.9 Å². The highest BCUT2D eigenvalue weighted by molar-refractivity contribution is 9.10. The Morgan fingerprint density at radius 3 is 2.85 bits per heavy atom. The van der Waals surface area contributed by atoms with E-state index in [2.05, 4.69) is 26.2 Å². The van der Waals surface area contributed by atoms with Crippen molar-refractivity contribution in [3.63, 3.8) is 0 Å². The summed E-state index contributed by atoms with van der Waals surface area (Å²) in [5.41, 5.74) is 1.83. The number of imidazole rings is 1. The molecule has 0 aliphatic carbocycles. The molecule has 102 valence electrons. The van der Waals surface area contributed by atoms with Crippen LogP contribution in [0.4, 0.5) is 14.5 Å². The van der Waals surface area contributed by atoms with Gasteiger partial charge < -0.3 is 9.72 Å². The zero-order chi connectivity index (χ0) is 14.1. The van der Waals surface area contributed by atoms with Gasteiger partial charge in [-0.2, -0.15) is 0 Å². The normalized spacial score (nSPS) is 10.9. The molecule has 0 spiro atoms. The van der Waals surface area contributed by atoms with Crippen LogP contribution in [0.1, 0.15) is 5.69 Å². The van der Waals surface area contributed by atoms with Crippen molar-refractivity contribution in [3.8, 4) is 0 Å². The standard InChI is InChI=1S/C14H10BrF2N3/c15-10-5-13(12(17)6-11(10)16)18-7-9-8-20-4-2-1-3-14(20)19-9/h1-6,8,18H,7H2. The molecule has 20 heavy (non-hydrogen) atoms. The smallest absolute Gasteiger partial charge is 0.149 e. The van der Waals surface area contributed by atoms with E-state index < -0.39 is 11.6 Å². The van der Waals surface area contributed by atoms with Gasteiger partial charge in [0, 0.05) is 18.5 Å². The van der Waals surface area contributed by atoms with Crippen molar-refractivity contribution < 1.29 is 8.78 Å². The summed E-state index contributed by atoms with van der Waals surface area (Å²) in [4.78, 5) is 4.39. The highest BCUT2D eigenvalue weighted by atomic mass is 79.9. The topological polar surface area (TPSA) is 29.3 Å². The number of nitrogens with one attached hydrogen (secondary N) is 1. The lowest BCUT2D eigenvalue weighted by atomic mass is 10.3. The molecular weight excluding hydrogens is 328 g/mol. The molecule has 0 aliphatic rings. The summed E-state index contributed by atoms with van der Waals surface area (Å²) in [6, 6.07) is 7.91. The Morgan fingerprint density at radius 1 is 1.20 bits per heavy atom. The van der Waals surface area contributed by atoms with Gasteiger partial charge in [-0.25, -0.2) is 13.8 Å². The summed E-state index contributed by atoms with van der Waals surface area (Å²) in [5, 5.41) is 2.91. The quantitative estimate of drug-likeness (QED) is 0.732. The van der Waals surface area contributed by atoms with E-state index in [0.717, 1.165) is 17.4 Å². The number of nitrogens with zero attached hydrogens (tertiary/aromatic N) is 2. The van der Waals surface area contributed by atoms with E-state index in [1.165, 1.54) is 6.07 Å². The van der Waals surface area contributed by atoms with Gasteiger partial charge in [0.1, 0.15) is 17.3 Å². The second-order valence-electron chi connectivity index (χ2n) is 4.30. The first-order chi connectivity index (χ1) is 9.63. The van der Waals surface area contributed by atoms with E-state index in [9.17, 15) is 8.78 Å². The number of anilines is 1. The van der Waals surface area contributed by atoms with Crippen molar-refractivity contribution in [3.05, 3.63) is 64.5 Å². The predicted molar refractivity (Wildman–Crippen MR) is 76.6 cm³/mol. The molecule has 1 N–H and O–H groups in total. The van der Waals surface area contributed by atoms with Crippen molar-refractivity contribution in [1.82, 2.24) is 9.38 Å². The zero-order valence-electron chi connectivity index (χ0n) is 10.3. The molecule has 2 aromatic heterocycles. The van der Waals surface area contributed by atoms with E-state index >= 15 is 0 Å². The fourth-order valence-corrected chi connectivity index (χ4v) is 2.26. The molecule has 0 atom stereocenters. The molecule has 0 amide bonds. The van der Waals surface area contributed by atoms with E-state index in [1.54, 1.807) is 0 Å². The van der Waals surface area contributed by atoms with Crippen LogP contribution in [0.15, 0.2) is 47.2 Å². The second kappa shape index (κ2) is 5.20. The minimum absolute atomic E-state index is 0.219. The number of fused-ring (bicyclic) bond motifs is 1. The molecule has 0 aliphatic heterocycles. The Hall–Kier alpha value is -1.95. The lowest BCUT2D eigenvalue weighted by Crippen LogP contribution is -2.02. The molecule has 0 fully saturated rings. The first kappa shape index (κ1) is 13.1. The number of hydrogen-bond donors (Lipinski definition) is 1. The maximum absolute atomic E-state index is 13.6. The van der Waals surface area contributed by atoms with Crippen LogP contribution < -0.4 is 5.32 Å². The molecule has 3 aromatic rings. The highest BCUT2D eigenvalue weighted by Gasteiger charge is 2.08. The molecule has 0 saturated heterocycles. The summed E-state index contributed by atoms with van der Waals surface area (Å²) in [7, 11) is 0. The van der Waals surface area contributed by atoms with Crippen LogP contribution in [0.3, 0.4) is 0 Å². The minimum atomic E-state index is -0.630. The van der Waals surface area contributed by atoms with Gasteiger partial charge in [0.2, 0.25) is 0 Å². The summed E-state index contributed by atoms with van der Waals surface area (Å²) in [6.07, 6.45) is 3.75. The van der Waals surface area contributed by atoms with Crippen LogP contribution in [-0.4, -0.2) is 9.38 Å². The first-order valence-electron chi connectivity index (χ1n) is 5.94. The summed E-state index contributed by atoms with van der Waals surface area (Å²) in [6.45, 7) is 0.358. The molecule has 0 saturated carbocycles.